The average molecular weight is 434 g/mol. The van der Waals surface area contributed by atoms with E-state index in [1.54, 1.807) is 31.2 Å². The molecule has 0 saturated heterocycles. The van der Waals surface area contributed by atoms with Gasteiger partial charge >= 0.3 is 0 Å². The van der Waals surface area contributed by atoms with E-state index in [4.69, 9.17) is 9.47 Å². The number of halogens is 1. The van der Waals surface area contributed by atoms with Crippen LogP contribution in [0.15, 0.2) is 48.7 Å². The minimum absolute atomic E-state index is 0.152. The molecule has 2 aromatic carbocycles. The third-order valence-electron chi connectivity index (χ3n) is 5.38. The van der Waals surface area contributed by atoms with Gasteiger partial charge in [0.15, 0.2) is 17.1 Å². The minimum atomic E-state index is -0.383. The van der Waals surface area contributed by atoms with Crippen molar-refractivity contribution in [3.63, 3.8) is 0 Å². The van der Waals surface area contributed by atoms with Gasteiger partial charge in [0.05, 0.1) is 6.20 Å². The van der Waals surface area contributed by atoms with Gasteiger partial charge in [0, 0.05) is 24.2 Å². The van der Waals surface area contributed by atoms with Crippen LogP contribution in [0, 0.1) is 12.7 Å². The van der Waals surface area contributed by atoms with Gasteiger partial charge in [0.25, 0.3) is 5.91 Å². The highest BCUT2D eigenvalue weighted by atomic mass is 19.1. The van der Waals surface area contributed by atoms with Gasteiger partial charge < -0.3 is 19.9 Å². The fraction of sp³-hybridized carbons (Fsp3) is 0.174. The number of hydrogen-bond acceptors (Lipinski definition) is 6. The summed E-state index contributed by atoms with van der Waals surface area (Å²) in [6.45, 7) is 2.15. The number of hydrogen-bond donors (Lipinski definition) is 2. The van der Waals surface area contributed by atoms with Crippen molar-refractivity contribution in [1.29, 1.82) is 0 Å². The van der Waals surface area contributed by atoms with Crippen LogP contribution in [-0.2, 0) is 13.0 Å². The molecule has 0 saturated carbocycles. The minimum Gasteiger partial charge on any atom is -0.493 e. The number of aromatic hydroxyl groups is 1. The van der Waals surface area contributed by atoms with E-state index in [9.17, 15) is 14.3 Å². The second kappa shape index (κ2) is 7.84. The summed E-state index contributed by atoms with van der Waals surface area (Å²) in [5.74, 6) is 0.383. The second-order valence-corrected chi connectivity index (χ2v) is 7.43. The molecule has 9 heteroatoms. The molecule has 1 aliphatic rings. The Labute approximate surface area is 182 Å². The molecule has 0 atom stereocenters. The number of fused-ring (bicyclic) bond motifs is 2. The standard InChI is InChI=1S/C23H19FN4O4/c1-13-16(9-15-4-2-3-5-18(15)24)23(30)28-21(27-13)17(11-26-28)22(29)25-10-14-6-7-19-20(8-14)32-12-31-19/h2-8,11,30H,9-10,12H2,1H3,(H,25,29). The third kappa shape index (κ3) is 3.47. The monoisotopic (exact) mass is 434 g/mol. The van der Waals surface area contributed by atoms with Crippen molar-refractivity contribution in [2.45, 2.75) is 19.9 Å². The summed E-state index contributed by atoms with van der Waals surface area (Å²) in [6.07, 6.45) is 1.50. The van der Waals surface area contributed by atoms with E-state index in [1.807, 2.05) is 12.1 Å². The summed E-state index contributed by atoms with van der Waals surface area (Å²) in [7, 11) is 0. The molecule has 1 amide bonds. The van der Waals surface area contributed by atoms with Gasteiger partial charge in [-0.25, -0.2) is 9.37 Å². The summed E-state index contributed by atoms with van der Waals surface area (Å²) < 4.78 is 25.9. The van der Waals surface area contributed by atoms with E-state index in [2.05, 4.69) is 15.4 Å². The number of rotatable bonds is 5. The van der Waals surface area contributed by atoms with Crippen molar-refractivity contribution in [1.82, 2.24) is 19.9 Å². The molecule has 1 aliphatic heterocycles. The molecule has 162 valence electrons. The molecule has 0 radical (unpaired) electrons. The summed E-state index contributed by atoms with van der Waals surface area (Å²) in [6, 6.07) is 11.8. The maximum Gasteiger partial charge on any atom is 0.257 e. The highest BCUT2D eigenvalue weighted by molar-refractivity contribution is 5.99. The Balaban J connectivity index is 1.39. The molecule has 32 heavy (non-hydrogen) atoms. The Morgan fingerprint density at radius 3 is 2.88 bits per heavy atom. The second-order valence-electron chi connectivity index (χ2n) is 7.43. The third-order valence-corrected chi connectivity index (χ3v) is 5.38. The fourth-order valence-electron chi connectivity index (χ4n) is 3.65. The van der Waals surface area contributed by atoms with E-state index >= 15 is 0 Å². The van der Waals surface area contributed by atoms with Gasteiger partial charge in [-0.15, -0.1) is 0 Å². The SMILES string of the molecule is Cc1nc2c(C(=O)NCc3ccc4c(c3)OCO4)cnn2c(O)c1Cc1ccccc1F. The number of carbonyl (C=O) groups excluding carboxylic acids is 1. The largest absolute Gasteiger partial charge is 0.493 e. The maximum atomic E-state index is 14.1. The van der Waals surface area contributed by atoms with Gasteiger partial charge in [-0.3, -0.25) is 4.79 Å². The lowest BCUT2D eigenvalue weighted by molar-refractivity contribution is 0.0952. The van der Waals surface area contributed by atoms with Crippen molar-refractivity contribution in [2.75, 3.05) is 6.79 Å². The van der Waals surface area contributed by atoms with Crippen molar-refractivity contribution < 1.29 is 23.8 Å². The maximum absolute atomic E-state index is 14.1. The first-order chi connectivity index (χ1) is 15.5. The number of nitrogens with one attached hydrogen (secondary N) is 1. The first-order valence-corrected chi connectivity index (χ1v) is 9.97. The molecule has 2 aromatic heterocycles. The Kier molecular flexibility index (Phi) is 4.85. The Morgan fingerprint density at radius 2 is 2.03 bits per heavy atom. The molecule has 4 aromatic rings. The number of aromatic nitrogens is 3. The van der Waals surface area contributed by atoms with E-state index in [0.29, 0.717) is 28.3 Å². The first-order valence-electron chi connectivity index (χ1n) is 9.97. The van der Waals surface area contributed by atoms with E-state index in [0.717, 1.165) is 5.56 Å². The molecule has 0 bridgehead atoms. The van der Waals surface area contributed by atoms with Gasteiger partial charge in [-0.2, -0.15) is 9.61 Å². The number of nitrogens with zero attached hydrogens (tertiary/aromatic N) is 3. The molecule has 5 rings (SSSR count). The summed E-state index contributed by atoms with van der Waals surface area (Å²) in [5, 5.41) is 17.7. The molecular formula is C23H19FN4O4. The van der Waals surface area contributed by atoms with Crippen LogP contribution in [0.5, 0.6) is 17.4 Å². The summed E-state index contributed by atoms with van der Waals surface area (Å²) >= 11 is 0. The number of amides is 1. The fourth-order valence-corrected chi connectivity index (χ4v) is 3.65. The van der Waals surface area contributed by atoms with Gasteiger partial charge in [-0.1, -0.05) is 24.3 Å². The van der Waals surface area contributed by atoms with Gasteiger partial charge in [0.1, 0.15) is 11.4 Å². The lowest BCUT2D eigenvalue weighted by Crippen LogP contribution is -2.23. The van der Waals surface area contributed by atoms with Crippen molar-refractivity contribution in [3.8, 4) is 17.4 Å². The molecule has 8 nitrogen and oxygen atoms in total. The van der Waals surface area contributed by atoms with E-state index in [-0.39, 0.29) is 48.6 Å². The smallest absolute Gasteiger partial charge is 0.257 e. The molecule has 0 aliphatic carbocycles. The molecule has 0 spiro atoms. The lowest BCUT2D eigenvalue weighted by atomic mass is 10.0. The Hall–Kier alpha value is -4.14. The van der Waals surface area contributed by atoms with Gasteiger partial charge in [-0.05, 0) is 36.2 Å². The number of benzene rings is 2. The predicted octanol–water partition coefficient (Wildman–Crippen LogP) is 3.13. The van der Waals surface area contributed by atoms with Gasteiger partial charge in [0.2, 0.25) is 12.7 Å². The van der Waals surface area contributed by atoms with Crippen LogP contribution in [0.1, 0.15) is 32.7 Å². The molecular weight excluding hydrogens is 415 g/mol. The molecule has 0 unspecified atom stereocenters. The lowest BCUT2D eigenvalue weighted by Gasteiger charge is -2.11. The topological polar surface area (TPSA) is 98.0 Å². The van der Waals surface area contributed by atoms with Crippen molar-refractivity contribution >= 4 is 11.6 Å². The zero-order valence-electron chi connectivity index (χ0n) is 17.1. The van der Waals surface area contributed by atoms with Crippen LogP contribution in [0.2, 0.25) is 0 Å². The highest BCUT2D eigenvalue weighted by Gasteiger charge is 2.21. The summed E-state index contributed by atoms with van der Waals surface area (Å²) in [4.78, 5) is 17.2. The quantitative estimate of drug-likeness (QED) is 0.501. The molecule has 2 N–H and O–H groups in total. The van der Waals surface area contributed by atoms with Crippen LogP contribution < -0.4 is 14.8 Å². The van der Waals surface area contributed by atoms with Crippen LogP contribution in [0.3, 0.4) is 0 Å². The molecule has 0 fully saturated rings. The number of aryl methyl sites for hydroxylation is 1. The number of ether oxygens (including phenoxy) is 2. The zero-order chi connectivity index (χ0) is 22.2. The summed E-state index contributed by atoms with van der Waals surface area (Å²) in [5.41, 5.74) is 2.66. The normalized spacial score (nSPS) is 12.3. The van der Waals surface area contributed by atoms with Crippen molar-refractivity contribution in [2.24, 2.45) is 0 Å². The van der Waals surface area contributed by atoms with Crippen LogP contribution in [-0.4, -0.2) is 32.4 Å². The Morgan fingerprint density at radius 1 is 1.22 bits per heavy atom. The van der Waals surface area contributed by atoms with Crippen LogP contribution in [0.25, 0.3) is 5.65 Å². The molecule has 3 heterocycles. The number of carbonyl (C=O) groups is 1. The average Bonchev–Trinajstić information content (AvgIpc) is 3.42. The van der Waals surface area contributed by atoms with Crippen LogP contribution in [0.4, 0.5) is 4.39 Å². The van der Waals surface area contributed by atoms with Crippen LogP contribution >= 0.6 is 0 Å². The predicted molar refractivity (Wildman–Crippen MR) is 112 cm³/mol. The highest BCUT2D eigenvalue weighted by Crippen LogP contribution is 2.32. The van der Waals surface area contributed by atoms with E-state index in [1.165, 1.54) is 16.8 Å². The van der Waals surface area contributed by atoms with E-state index < -0.39 is 0 Å². The Bertz CT molecular complexity index is 1350. The first kappa shape index (κ1) is 19.8. The zero-order valence-corrected chi connectivity index (χ0v) is 17.1. The van der Waals surface area contributed by atoms with Crippen molar-refractivity contribution in [3.05, 3.63) is 82.4 Å².